The van der Waals surface area contributed by atoms with Crippen LogP contribution in [0.15, 0.2) is 18.2 Å². The number of pyridine rings is 3. The summed E-state index contributed by atoms with van der Waals surface area (Å²) in [4.78, 5) is 85.6. The Labute approximate surface area is 527 Å². The maximum Gasteiger partial charge on any atom is 0.407 e. The lowest BCUT2D eigenvalue weighted by Gasteiger charge is -2.34. The highest BCUT2D eigenvalue weighted by Gasteiger charge is 2.34. The molecule has 89 heavy (non-hydrogen) atoms. The average Bonchev–Trinajstić information content (AvgIpc) is 1.74. The Hall–Kier alpha value is -7.02. The van der Waals surface area contributed by atoms with Gasteiger partial charge in [0, 0.05) is 46.9 Å². The third-order valence-corrected chi connectivity index (χ3v) is 17.5. The summed E-state index contributed by atoms with van der Waals surface area (Å²) >= 11 is 0. The van der Waals surface area contributed by atoms with Gasteiger partial charge < -0.3 is 56.0 Å². The van der Waals surface area contributed by atoms with E-state index in [4.69, 9.17) is 45.4 Å². The number of primary amides is 1. The van der Waals surface area contributed by atoms with Crippen LogP contribution in [0.25, 0.3) is 33.1 Å². The van der Waals surface area contributed by atoms with Gasteiger partial charge in [-0.15, -0.1) is 0 Å². The molecule has 0 aromatic carbocycles. The molecule has 0 aliphatic heterocycles. The minimum Gasteiger partial charge on any atom is -0.461 e. The van der Waals surface area contributed by atoms with Gasteiger partial charge in [-0.05, 0) is 221 Å². The molecular weight excluding hydrogens is 1120 g/mol. The van der Waals surface area contributed by atoms with Crippen LogP contribution in [0.2, 0.25) is 0 Å². The highest BCUT2D eigenvalue weighted by Crippen LogP contribution is 2.41. The summed E-state index contributed by atoms with van der Waals surface area (Å²) in [6, 6.07) is 6.48. The molecule has 6 aromatic heterocycles. The second-order valence-electron chi connectivity index (χ2n) is 29.7. The minimum atomic E-state index is -0.563. The Morgan fingerprint density at radius 1 is 0.506 bits per heavy atom. The molecule has 6 aromatic rings. The first-order valence-electron chi connectivity index (χ1n) is 32.5. The van der Waals surface area contributed by atoms with Crippen molar-refractivity contribution in [3.05, 3.63) is 85.7 Å². The standard InChI is InChI=1S/C25H37N3O4.C24H36N4O3.C21H31N3O2/c1-8-31-22(29)21-17(11-12-26-23(30)32-25(5,6)7)20-19(28-21)14-15-13-16(24(2,3)4)9-10-18(15)27-20;1-23(2,3)15-9-10-17-14(12-15)13-18-19(27-17)16(20(28-18)21(25)29)8-7-11-26-22(30)31-24(4,5)6;1-5-26-20(25)19-15(7-6-10-22)18-17(24-19)12-13-11-14(21(2,3)4)8-9-16(13)23-18/h14,16,28H,8-13H2,1-7H3,(H,26,30);13,15,28H,7-12H2,1-6H3,(H2,25,29)(H,26,30);12,14,24H,5-11,22H2,1-4H3. The number of esters is 2. The van der Waals surface area contributed by atoms with Gasteiger partial charge in [0.25, 0.3) is 5.91 Å². The van der Waals surface area contributed by atoms with E-state index in [0.29, 0.717) is 92.4 Å². The molecule has 3 aliphatic rings. The fraction of sp³-hybridized carbons (Fsp3) is 0.629. The van der Waals surface area contributed by atoms with E-state index in [0.717, 1.165) is 125 Å². The number of fused-ring (bicyclic) bond motifs is 6. The van der Waals surface area contributed by atoms with Crippen LogP contribution >= 0.6 is 0 Å². The molecule has 0 saturated heterocycles. The van der Waals surface area contributed by atoms with E-state index < -0.39 is 35.3 Å². The number of aromatic nitrogens is 6. The van der Waals surface area contributed by atoms with Gasteiger partial charge in [0.2, 0.25) is 0 Å². The number of nitrogens with one attached hydrogen (secondary N) is 5. The number of aryl methyl sites for hydroxylation is 5. The number of hydrogen-bond donors (Lipinski definition) is 7. The van der Waals surface area contributed by atoms with Crippen molar-refractivity contribution in [1.82, 2.24) is 40.5 Å². The zero-order chi connectivity index (χ0) is 65.6. The van der Waals surface area contributed by atoms with Crippen LogP contribution in [-0.2, 0) is 76.7 Å². The summed E-state index contributed by atoms with van der Waals surface area (Å²) in [6.07, 6.45) is 11.7. The lowest BCUT2D eigenvalue weighted by Crippen LogP contribution is -2.33. The molecule has 3 amide bonds. The van der Waals surface area contributed by atoms with Gasteiger partial charge in [-0.1, -0.05) is 62.3 Å². The van der Waals surface area contributed by atoms with E-state index in [1.165, 1.54) is 28.8 Å². The summed E-state index contributed by atoms with van der Waals surface area (Å²) < 4.78 is 21.1. The molecule has 3 unspecified atom stereocenters. The Morgan fingerprint density at radius 3 is 1.18 bits per heavy atom. The lowest BCUT2D eigenvalue weighted by atomic mass is 9.71. The number of H-pyrrole nitrogens is 3. The number of aromatic amines is 3. The van der Waals surface area contributed by atoms with Gasteiger partial charge in [0.05, 0.1) is 46.3 Å². The number of rotatable bonds is 15. The number of ether oxygens (including phenoxy) is 4. The lowest BCUT2D eigenvalue weighted by molar-refractivity contribution is 0.0508. The van der Waals surface area contributed by atoms with E-state index >= 15 is 0 Å². The summed E-state index contributed by atoms with van der Waals surface area (Å²) in [5, 5.41) is 5.53. The zero-order valence-corrected chi connectivity index (χ0v) is 56.6. The molecule has 9 rings (SSSR count). The smallest absolute Gasteiger partial charge is 0.407 e. The highest BCUT2D eigenvalue weighted by atomic mass is 16.6. The SMILES string of the molecule is CC(C)(C)OC(=O)NCCCc1c(C(N)=O)[nH]c2cc3c(nc12)CCC(C(C)(C)C)C3.CCOC(=O)c1[nH]c2cc3c(nc2c1CCCN)CCC(C(C)(C)C)C3.CCOC(=O)c1[nH]c2cc3c(nc2c1CCNC(=O)OC(C)(C)C)CCC(C(C)(C)C)C3. The van der Waals surface area contributed by atoms with E-state index in [1.807, 2.05) is 48.5 Å². The Balaban J connectivity index is 0.000000191. The van der Waals surface area contributed by atoms with E-state index in [1.54, 1.807) is 6.92 Å². The molecule has 9 N–H and O–H groups in total. The monoisotopic (exact) mass is 1230 g/mol. The number of alkyl carbamates (subject to hydrolysis) is 2. The summed E-state index contributed by atoms with van der Waals surface area (Å²) in [5.74, 6) is 0.685. The van der Waals surface area contributed by atoms with E-state index in [2.05, 4.69) is 106 Å². The molecule has 6 heterocycles. The van der Waals surface area contributed by atoms with Crippen LogP contribution in [0.5, 0.6) is 0 Å². The molecule has 3 atom stereocenters. The van der Waals surface area contributed by atoms with Crippen molar-refractivity contribution in [2.75, 3.05) is 32.8 Å². The third-order valence-electron chi connectivity index (χ3n) is 17.5. The number of carbonyl (C=O) groups is 5. The van der Waals surface area contributed by atoms with Crippen LogP contribution in [0.3, 0.4) is 0 Å². The Kier molecular flexibility index (Phi) is 22.2. The minimum absolute atomic E-state index is 0.247. The van der Waals surface area contributed by atoms with Crippen LogP contribution in [0, 0.1) is 34.0 Å². The van der Waals surface area contributed by atoms with Crippen molar-refractivity contribution in [2.45, 2.75) is 219 Å². The van der Waals surface area contributed by atoms with Crippen molar-refractivity contribution in [2.24, 2.45) is 45.5 Å². The fourth-order valence-corrected chi connectivity index (χ4v) is 12.5. The normalized spacial score (nSPS) is 16.9. The van der Waals surface area contributed by atoms with Gasteiger partial charge in [0.15, 0.2) is 0 Å². The third kappa shape index (κ3) is 18.1. The summed E-state index contributed by atoms with van der Waals surface area (Å²) in [6.45, 7) is 37.3. The Bertz CT molecular complexity index is 3500. The van der Waals surface area contributed by atoms with E-state index in [9.17, 15) is 24.0 Å². The highest BCUT2D eigenvalue weighted by molar-refractivity contribution is 6.00. The van der Waals surface area contributed by atoms with Gasteiger partial charge in [-0.25, -0.2) is 19.2 Å². The largest absolute Gasteiger partial charge is 0.461 e. The first-order valence-corrected chi connectivity index (χ1v) is 32.5. The molecule has 0 fully saturated rings. The molecule has 19 heteroatoms. The van der Waals surface area contributed by atoms with Crippen molar-refractivity contribution >= 4 is 63.1 Å². The average molecular weight is 1230 g/mol. The van der Waals surface area contributed by atoms with Gasteiger partial charge >= 0.3 is 24.1 Å². The number of carbonyl (C=O) groups excluding carboxylic acids is 5. The van der Waals surface area contributed by atoms with Crippen molar-refractivity contribution in [1.29, 1.82) is 0 Å². The van der Waals surface area contributed by atoms with Gasteiger partial charge in [0.1, 0.15) is 28.3 Å². The number of amides is 3. The van der Waals surface area contributed by atoms with Gasteiger partial charge in [-0.2, -0.15) is 0 Å². The summed E-state index contributed by atoms with van der Waals surface area (Å²) in [7, 11) is 0. The van der Waals surface area contributed by atoms with Crippen LogP contribution in [0.1, 0.15) is 232 Å². The predicted octanol–water partition coefficient (Wildman–Crippen LogP) is 13.0. The molecule has 19 nitrogen and oxygen atoms in total. The molecule has 0 spiro atoms. The first kappa shape index (κ1) is 69.5. The topological polar surface area (TPSA) is 284 Å². The second-order valence-corrected chi connectivity index (χ2v) is 29.7. The number of hydrogen-bond acceptors (Lipinski definition) is 13. The maximum absolute atomic E-state index is 12.6. The molecule has 3 aliphatic carbocycles. The van der Waals surface area contributed by atoms with Crippen LogP contribution < -0.4 is 22.1 Å². The molecule has 0 saturated carbocycles. The summed E-state index contributed by atoms with van der Waals surface area (Å²) in [5.41, 5.74) is 27.3. The fourth-order valence-electron chi connectivity index (χ4n) is 12.5. The van der Waals surface area contributed by atoms with Crippen molar-refractivity contribution < 1.29 is 42.9 Å². The van der Waals surface area contributed by atoms with E-state index in [-0.39, 0.29) is 16.8 Å². The second kappa shape index (κ2) is 28.4. The molecule has 0 bridgehead atoms. The van der Waals surface area contributed by atoms with Crippen LogP contribution in [0.4, 0.5) is 9.59 Å². The van der Waals surface area contributed by atoms with Crippen molar-refractivity contribution in [3.8, 4) is 0 Å². The number of nitrogens with zero attached hydrogens (tertiary/aromatic N) is 3. The van der Waals surface area contributed by atoms with Crippen LogP contribution in [-0.4, -0.2) is 104 Å². The quantitative estimate of drug-likeness (QED) is 0.0286. The maximum atomic E-state index is 12.6. The molecule has 488 valence electrons. The zero-order valence-electron chi connectivity index (χ0n) is 56.6. The Morgan fingerprint density at radius 2 is 0.843 bits per heavy atom. The van der Waals surface area contributed by atoms with Crippen molar-refractivity contribution in [3.63, 3.8) is 0 Å². The number of nitrogens with two attached hydrogens (primary N) is 2. The molecular formula is C70H104N10O9. The van der Waals surface area contributed by atoms with Gasteiger partial charge in [-0.3, -0.25) is 19.7 Å². The first-order chi connectivity index (χ1) is 41.6. The molecule has 0 radical (unpaired) electrons. The predicted molar refractivity (Wildman–Crippen MR) is 351 cm³/mol.